The maximum Gasteiger partial charge on any atom is 0.306 e. The quantitative estimate of drug-likeness (QED) is 0.0350. The molecule has 0 aliphatic carbocycles. The third-order valence-corrected chi connectivity index (χ3v) is 11.1. The molecule has 0 heterocycles. The van der Waals surface area contributed by atoms with Crippen molar-refractivity contribution in [3.05, 3.63) is 0 Å². The van der Waals surface area contributed by atoms with Crippen LogP contribution < -0.4 is 0 Å². The average Bonchev–Trinajstić information content (AvgIpc) is 3.15. The maximum atomic E-state index is 12.5. The fourth-order valence-corrected chi connectivity index (χ4v) is 7.07. The fourth-order valence-electron chi connectivity index (χ4n) is 7.07. The molecule has 0 saturated heterocycles. The molecule has 0 spiro atoms. The van der Waals surface area contributed by atoms with Gasteiger partial charge in [0.05, 0.1) is 0 Å². The molecule has 6 nitrogen and oxygen atoms in total. The lowest BCUT2D eigenvalue weighted by Crippen LogP contribution is -2.30. The normalized spacial score (nSPS) is 12.6. The van der Waals surface area contributed by atoms with Crippen LogP contribution in [0.25, 0.3) is 0 Å². The van der Waals surface area contributed by atoms with Gasteiger partial charge in [0.25, 0.3) is 0 Å². The molecule has 0 saturated carbocycles. The highest BCUT2D eigenvalue weighted by Gasteiger charge is 2.19. The number of carbonyl (C=O) groups is 3. The van der Waals surface area contributed by atoms with E-state index in [2.05, 4.69) is 34.6 Å². The highest BCUT2D eigenvalue weighted by molar-refractivity contribution is 5.71. The van der Waals surface area contributed by atoms with Crippen molar-refractivity contribution in [2.24, 2.45) is 11.8 Å². The minimum Gasteiger partial charge on any atom is -0.462 e. The van der Waals surface area contributed by atoms with Crippen molar-refractivity contribution in [1.29, 1.82) is 0 Å². The molecule has 0 bridgehead atoms. The molecule has 2 atom stereocenters. The summed E-state index contributed by atoms with van der Waals surface area (Å²) in [5, 5.41) is 0. The number of carbonyl (C=O) groups excluding carboxylic acids is 3. The van der Waals surface area contributed by atoms with Gasteiger partial charge < -0.3 is 14.2 Å². The lowest BCUT2D eigenvalue weighted by Gasteiger charge is -2.18. The Hall–Kier alpha value is -1.59. The predicted octanol–water partition coefficient (Wildman–Crippen LogP) is 15.0. The Morgan fingerprint density at radius 2 is 0.704 bits per heavy atom. The Labute approximate surface area is 336 Å². The van der Waals surface area contributed by atoms with Crippen LogP contribution in [0, 0.1) is 11.8 Å². The summed E-state index contributed by atoms with van der Waals surface area (Å²) >= 11 is 0. The predicted molar refractivity (Wildman–Crippen MR) is 229 cm³/mol. The summed E-state index contributed by atoms with van der Waals surface area (Å²) in [4.78, 5) is 37.4. The van der Waals surface area contributed by atoms with Crippen LogP contribution in [-0.4, -0.2) is 37.2 Å². The zero-order chi connectivity index (χ0) is 39.7. The van der Waals surface area contributed by atoms with Crippen LogP contribution in [0.5, 0.6) is 0 Å². The van der Waals surface area contributed by atoms with Crippen LogP contribution >= 0.6 is 0 Å². The van der Waals surface area contributed by atoms with E-state index in [1.54, 1.807) is 0 Å². The summed E-state index contributed by atoms with van der Waals surface area (Å²) < 4.78 is 16.6. The largest absolute Gasteiger partial charge is 0.462 e. The second-order valence-electron chi connectivity index (χ2n) is 17.1. The molecule has 0 aliphatic rings. The molecule has 0 amide bonds. The van der Waals surface area contributed by atoms with Crippen LogP contribution in [0.2, 0.25) is 0 Å². The third-order valence-electron chi connectivity index (χ3n) is 11.1. The van der Waals surface area contributed by atoms with E-state index in [1.165, 1.54) is 141 Å². The standard InChI is InChI=1S/C48H92O6/c1-6-8-9-26-35-40-48(51)54-45(42-53-47(50)39-34-30-25-24-28-32-37-44(5)7-2)41-52-46(49)38-33-29-23-21-19-17-15-13-11-10-12-14-16-18-20-22-27-31-36-43(3)4/h43-45H,6-42H2,1-5H3/t44?,45-/m0/s1. The van der Waals surface area contributed by atoms with Crippen molar-refractivity contribution in [2.45, 2.75) is 265 Å². The van der Waals surface area contributed by atoms with Crippen LogP contribution in [0.15, 0.2) is 0 Å². The zero-order valence-corrected chi connectivity index (χ0v) is 36.8. The molecule has 0 radical (unpaired) electrons. The fraction of sp³-hybridized carbons (Fsp3) is 0.938. The monoisotopic (exact) mass is 765 g/mol. The Balaban J connectivity index is 4.02. The van der Waals surface area contributed by atoms with E-state index in [0.717, 1.165) is 76.0 Å². The second kappa shape index (κ2) is 41.1. The molecule has 0 rings (SSSR count). The summed E-state index contributed by atoms with van der Waals surface area (Å²) in [7, 11) is 0. The summed E-state index contributed by atoms with van der Waals surface area (Å²) in [6.07, 6.45) is 39.9. The van der Waals surface area contributed by atoms with Crippen molar-refractivity contribution >= 4 is 17.9 Å². The first-order valence-corrected chi connectivity index (χ1v) is 23.8. The summed E-state index contributed by atoms with van der Waals surface area (Å²) in [6, 6.07) is 0. The minimum absolute atomic E-state index is 0.0665. The van der Waals surface area contributed by atoms with Crippen molar-refractivity contribution < 1.29 is 28.6 Å². The highest BCUT2D eigenvalue weighted by atomic mass is 16.6. The van der Waals surface area contributed by atoms with Crippen LogP contribution in [0.4, 0.5) is 0 Å². The molecule has 0 aromatic carbocycles. The van der Waals surface area contributed by atoms with E-state index in [1.807, 2.05) is 0 Å². The van der Waals surface area contributed by atoms with Crippen molar-refractivity contribution in [3.63, 3.8) is 0 Å². The van der Waals surface area contributed by atoms with E-state index in [9.17, 15) is 14.4 Å². The van der Waals surface area contributed by atoms with Crippen molar-refractivity contribution in [3.8, 4) is 0 Å². The van der Waals surface area contributed by atoms with E-state index in [-0.39, 0.29) is 31.1 Å². The van der Waals surface area contributed by atoms with Gasteiger partial charge in [-0.3, -0.25) is 14.4 Å². The topological polar surface area (TPSA) is 78.9 Å². The van der Waals surface area contributed by atoms with Gasteiger partial charge in [0.15, 0.2) is 6.10 Å². The molecule has 0 N–H and O–H groups in total. The summed E-state index contributed by atoms with van der Waals surface area (Å²) in [6.45, 7) is 11.3. The number of unbranched alkanes of at least 4 members (excludes halogenated alkanes) is 26. The molecular formula is C48H92O6. The van der Waals surface area contributed by atoms with Gasteiger partial charge in [-0.2, -0.15) is 0 Å². The first-order valence-electron chi connectivity index (χ1n) is 23.8. The van der Waals surface area contributed by atoms with Crippen LogP contribution in [0.1, 0.15) is 259 Å². The SMILES string of the molecule is CCCCCCCC(=O)O[C@@H](COC(=O)CCCCCCCCCCCCCCCCCCCCC(C)C)COC(=O)CCCCCCCCC(C)CC. The number of rotatable bonds is 42. The van der Waals surface area contributed by atoms with Gasteiger partial charge in [-0.15, -0.1) is 0 Å². The molecule has 0 fully saturated rings. The van der Waals surface area contributed by atoms with E-state index in [0.29, 0.717) is 19.3 Å². The molecule has 54 heavy (non-hydrogen) atoms. The number of ether oxygens (including phenoxy) is 3. The Kier molecular flexibility index (Phi) is 39.8. The highest BCUT2D eigenvalue weighted by Crippen LogP contribution is 2.17. The lowest BCUT2D eigenvalue weighted by molar-refractivity contribution is -0.167. The molecule has 0 aromatic rings. The van der Waals surface area contributed by atoms with Gasteiger partial charge in [-0.25, -0.2) is 0 Å². The summed E-state index contributed by atoms with van der Waals surface area (Å²) in [5.74, 6) is 0.801. The molecule has 0 aliphatic heterocycles. The molecule has 6 heteroatoms. The molecular weight excluding hydrogens is 673 g/mol. The average molecular weight is 765 g/mol. The van der Waals surface area contributed by atoms with Gasteiger partial charge in [0.2, 0.25) is 0 Å². The summed E-state index contributed by atoms with van der Waals surface area (Å²) in [5.41, 5.74) is 0. The van der Waals surface area contributed by atoms with Gasteiger partial charge >= 0.3 is 17.9 Å². The maximum absolute atomic E-state index is 12.5. The van der Waals surface area contributed by atoms with Crippen LogP contribution in [-0.2, 0) is 28.6 Å². The third kappa shape index (κ3) is 40.1. The van der Waals surface area contributed by atoms with E-state index >= 15 is 0 Å². The zero-order valence-electron chi connectivity index (χ0n) is 36.8. The Morgan fingerprint density at radius 3 is 1.06 bits per heavy atom. The Bertz CT molecular complexity index is 826. The first-order chi connectivity index (χ1) is 26.3. The van der Waals surface area contributed by atoms with E-state index in [4.69, 9.17) is 14.2 Å². The number of hydrogen-bond acceptors (Lipinski definition) is 6. The lowest BCUT2D eigenvalue weighted by atomic mass is 10.00. The number of hydrogen-bond donors (Lipinski definition) is 0. The Morgan fingerprint density at radius 1 is 0.389 bits per heavy atom. The smallest absolute Gasteiger partial charge is 0.306 e. The second-order valence-corrected chi connectivity index (χ2v) is 17.1. The minimum atomic E-state index is -0.759. The molecule has 0 aromatic heterocycles. The number of esters is 3. The van der Waals surface area contributed by atoms with Gasteiger partial charge in [0, 0.05) is 19.3 Å². The van der Waals surface area contributed by atoms with Crippen molar-refractivity contribution in [1.82, 2.24) is 0 Å². The molecule has 320 valence electrons. The van der Waals surface area contributed by atoms with Gasteiger partial charge in [-0.1, -0.05) is 221 Å². The van der Waals surface area contributed by atoms with Crippen LogP contribution in [0.3, 0.4) is 0 Å². The van der Waals surface area contributed by atoms with Gasteiger partial charge in [0.1, 0.15) is 13.2 Å². The molecule has 1 unspecified atom stereocenters. The van der Waals surface area contributed by atoms with Gasteiger partial charge in [-0.05, 0) is 31.1 Å². The van der Waals surface area contributed by atoms with Crippen molar-refractivity contribution in [2.75, 3.05) is 13.2 Å². The van der Waals surface area contributed by atoms with E-state index < -0.39 is 6.10 Å². The first kappa shape index (κ1) is 52.4.